The average molecular weight is 162 g/mol. The lowest BCUT2D eigenvalue weighted by Crippen LogP contribution is -1.99. The summed E-state index contributed by atoms with van der Waals surface area (Å²) in [5.41, 5.74) is 2.69. The van der Waals surface area contributed by atoms with Crippen LogP contribution in [0.4, 0.5) is 0 Å². The van der Waals surface area contributed by atoms with Crippen LogP contribution in [0, 0.1) is 0 Å². The van der Waals surface area contributed by atoms with Gasteiger partial charge in [-0.15, -0.1) is 0 Å². The molecule has 0 nitrogen and oxygen atoms in total. The molecule has 1 aromatic rings. The van der Waals surface area contributed by atoms with Crippen molar-refractivity contribution in [2.75, 3.05) is 0 Å². The van der Waals surface area contributed by atoms with E-state index in [0.717, 1.165) is 10.2 Å². The normalized spacial score (nSPS) is 12.0. The van der Waals surface area contributed by atoms with E-state index in [1.54, 1.807) is 0 Å². The summed E-state index contributed by atoms with van der Waals surface area (Å²) >= 11 is 0. The van der Waals surface area contributed by atoms with Gasteiger partial charge in [0.05, 0.1) is 0 Å². The van der Waals surface area contributed by atoms with Gasteiger partial charge >= 0.3 is 0 Å². The molecule has 0 atom stereocenters. The predicted molar refractivity (Wildman–Crippen MR) is 55.3 cm³/mol. The lowest BCUT2D eigenvalue weighted by Gasteiger charge is -1.99. The molecular weight excluding hydrogens is 148 g/mol. The van der Waals surface area contributed by atoms with Gasteiger partial charge in [-0.2, -0.15) is 0 Å². The Morgan fingerprint density at radius 3 is 2.27 bits per heavy atom. The molecule has 1 rings (SSSR count). The lowest BCUT2D eigenvalue weighted by atomic mass is 10.1. The van der Waals surface area contributed by atoms with E-state index in [1.807, 2.05) is 0 Å². The molecule has 0 saturated carbocycles. The lowest BCUT2D eigenvalue weighted by molar-refractivity contribution is 1.56. The number of hydrogen-bond acceptors (Lipinski definition) is 0. The van der Waals surface area contributed by atoms with Crippen LogP contribution in [0.3, 0.4) is 0 Å². The molecule has 0 amide bonds. The first-order chi connectivity index (χ1) is 5.24. The molecule has 0 N–H and O–H groups in total. The maximum Gasteiger partial charge on any atom is 0.0384 e. The van der Waals surface area contributed by atoms with E-state index in [9.17, 15) is 0 Å². The van der Waals surface area contributed by atoms with E-state index in [0.29, 0.717) is 0 Å². The molecule has 1 aromatic carbocycles. The van der Waals surface area contributed by atoms with Crippen molar-refractivity contribution in [2.24, 2.45) is 0 Å². The Morgan fingerprint density at radius 2 is 1.82 bits per heavy atom. The van der Waals surface area contributed by atoms with Gasteiger partial charge in [0.1, 0.15) is 0 Å². The zero-order chi connectivity index (χ0) is 8.27. The van der Waals surface area contributed by atoms with Crippen molar-refractivity contribution in [2.45, 2.75) is 13.8 Å². The summed E-state index contributed by atoms with van der Waals surface area (Å²) in [7, 11) is 1.15. The fourth-order valence-corrected chi connectivity index (χ4v) is 1.32. The van der Waals surface area contributed by atoms with Gasteiger partial charge < -0.3 is 0 Å². The van der Waals surface area contributed by atoms with E-state index in [-0.39, 0.29) is 0 Å². The summed E-state index contributed by atoms with van der Waals surface area (Å²) in [5, 5.41) is 1.46. The molecule has 0 fully saturated rings. The van der Waals surface area contributed by atoms with Crippen LogP contribution in [0.15, 0.2) is 30.3 Å². The number of rotatable bonds is 1. The minimum Gasteiger partial charge on any atom is -0.0841 e. The number of benzene rings is 1. The third kappa shape index (κ3) is 2.05. The smallest absolute Gasteiger partial charge is 0.0384 e. The molecule has 0 aliphatic heterocycles. The molecule has 0 aliphatic carbocycles. The summed E-state index contributed by atoms with van der Waals surface area (Å²) in [6.07, 6.45) is 2.14. The molecule has 11 heavy (non-hydrogen) atoms. The van der Waals surface area contributed by atoms with Crippen molar-refractivity contribution in [3.05, 3.63) is 35.9 Å². The third-order valence-electron chi connectivity index (χ3n) is 1.94. The van der Waals surface area contributed by atoms with Crippen LogP contribution in [0.2, 0.25) is 0 Å². The molecule has 0 aliphatic rings. The zero-order valence-corrected chi connectivity index (χ0v) is 9.39. The minimum atomic E-state index is 1.15. The fraction of sp³-hybridized carbons (Fsp3) is 0.200. The first kappa shape index (κ1) is 8.28. The highest BCUT2D eigenvalue weighted by molar-refractivity contribution is 6.32. The Balaban J connectivity index is 2.99. The molecule has 0 radical (unpaired) electrons. The monoisotopic (exact) mass is 162 g/mol. The Labute approximate surface area is 71.4 Å². The molecule has 0 aromatic heterocycles. The van der Waals surface area contributed by atoms with Crippen molar-refractivity contribution in [3.63, 3.8) is 0 Å². The Hall–Kier alpha value is -0.823. The van der Waals surface area contributed by atoms with Gasteiger partial charge in [0.15, 0.2) is 0 Å². The second kappa shape index (κ2) is 3.53. The van der Waals surface area contributed by atoms with Crippen LogP contribution in [-0.4, -0.2) is 10.2 Å². The van der Waals surface area contributed by atoms with Crippen LogP contribution in [-0.2, 0) is 0 Å². The minimum absolute atomic E-state index is 1.15. The fourth-order valence-electron chi connectivity index (χ4n) is 0.983. The van der Waals surface area contributed by atoms with Crippen LogP contribution in [0.1, 0.15) is 19.4 Å². The predicted octanol–water partition coefficient (Wildman–Crippen LogP) is 1.10. The average Bonchev–Trinajstić information content (AvgIpc) is 2.05. The van der Waals surface area contributed by atoms with E-state index >= 15 is 0 Å². The van der Waals surface area contributed by atoms with Crippen LogP contribution < -0.4 is 5.19 Å². The van der Waals surface area contributed by atoms with Gasteiger partial charge in [-0.25, -0.2) is 0 Å². The largest absolute Gasteiger partial charge is 0.0841 e. The van der Waals surface area contributed by atoms with E-state index in [1.165, 1.54) is 16.3 Å². The molecule has 0 unspecified atom stereocenters. The van der Waals surface area contributed by atoms with Crippen molar-refractivity contribution in [1.82, 2.24) is 0 Å². The maximum atomic E-state index is 2.20. The zero-order valence-electron chi connectivity index (χ0n) is 7.39. The van der Waals surface area contributed by atoms with E-state index < -0.39 is 0 Å². The van der Waals surface area contributed by atoms with E-state index in [2.05, 4.69) is 44.2 Å². The Morgan fingerprint density at radius 1 is 1.27 bits per heavy atom. The van der Waals surface area contributed by atoms with Crippen molar-refractivity contribution >= 4 is 21.0 Å². The van der Waals surface area contributed by atoms with Gasteiger partial charge in [0.25, 0.3) is 0 Å². The summed E-state index contributed by atoms with van der Waals surface area (Å²) in [4.78, 5) is 0. The van der Waals surface area contributed by atoms with Crippen LogP contribution in [0.5, 0.6) is 0 Å². The topological polar surface area (TPSA) is 0 Å². The highest BCUT2D eigenvalue weighted by Crippen LogP contribution is 2.10. The van der Waals surface area contributed by atoms with E-state index in [4.69, 9.17) is 0 Å². The Bertz CT molecular complexity index is 257. The molecule has 0 bridgehead atoms. The first-order valence-electron chi connectivity index (χ1n) is 3.94. The second-order valence-electron chi connectivity index (χ2n) is 2.84. The van der Waals surface area contributed by atoms with Gasteiger partial charge in [-0.3, -0.25) is 0 Å². The molecule has 0 heterocycles. The summed E-state index contributed by atoms with van der Waals surface area (Å²) in [6, 6.07) is 8.79. The number of hydrogen-bond donors (Lipinski definition) is 0. The first-order valence-corrected chi connectivity index (χ1v) is 4.94. The SMILES string of the molecule is CC=C(C)c1ccc([SiH3])cc1. The third-order valence-corrected chi connectivity index (χ3v) is 2.61. The quantitative estimate of drug-likeness (QED) is 0.543. The summed E-state index contributed by atoms with van der Waals surface area (Å²) < 4.78 is 0. The van der Waals surface area contributed by atoms with Gasteiger partial charge in [0.2, 0.25) is 0 Å². The molecule has 0 spiro atoms. The van der Waals surface area contributed by atoms with Gasteiger partial charge in [-0.05, 0) is 25.0 Å². The highest BCUT2D eigenvalue weighted by Gasteiger charge is 1.91. The number of allylic oxidation sites excluding steroid dienone is 2. The van der Waals surface area contributed by atoms with Crippen molar-refractivity contribution in [1.29, 1.82) is 0 Å². The molecule has 0 saturated heterocycles. The van der Waals surface area contributed by atoms with Crippen molar-refractivity contribution in [3.8, 4) is 0 Å². The van der Waals surface area contributed by atoms with Crippen LogP contribution in [0.25, 0.3) is 5.57 Å². The molecule has 58 valence electrons. The molecule has 1 heteroatoms. The van der Waals surface area contributed by atoms with Gasteiger partial charge in [-0.1, -0.05) is 35.5 Å². The molecular formula is C10H14Si. The summed E-state index contributed by atoms with van der Waals surface area (Å²) in [6.45, 7) is 4.21. The van der Waals surface area contributed by atoms with Crippen molar-refractivity contribution < 1.29 is 0 Å². The Kier molecular flexibility index (Phi) is 2.66. The van der Waals surface area contributed by atoms with Gasteiger partial charge in [0, 0.05) is 10.2 Å². The van der Waals surface area contributed by atoms with Crippen LogP contribution >= 0.6 is 0 Å². The maximum absolute atomic E-state index is 2.20. The highest BCUT2D eigenvalue weighted by atomic mass is 28.1. The summed E-state index contributed by atoms with van der Waals surface area (Å²) in [5.74, 6) is 0. The standard InChI is InChI=1S/C10H14Si/c1-3-8(2)9-4-6-10(11)7-5-9/h3-7H,1-2,11H3. The second-order valence-corrected chi connectivity index (χ2v) is 3.99.